The van der Waals surface area contributed by atoms with Crippen LogP contribution in [-0.4, -0.2) is 58.2 Å². The molecule has 3 aromatic heterocycles. The van der Waals surface area contributed by atoms with E-state index in [-0.39, 0.29) is 24.1 Å². The van der Waals surface area contributed by atoms with Crippen molar-refractivity contribution in [1.82, 2.24) is 30.3 Å². The van der Waals surface area contributed by atoms with Crippen molar-refractivity contribution in [2.75, 3.05) is 26.8 Å². The minimum atomic E-state index is -0.124. The number of fused-ring (bicyclic) bond motifs is 1. The Bertz CT molecular complexity index is 2120. The van der Waals surface area contributed by atoms with Crippen LogP contribution in [0.3, 0.4) is 0 Å². The van der Waals surface area contributed by atoms with E-state index in [1.54, 1.807) is 23.9 Å². The summed E-state index contributed by atoms with van der Waals surface area (Å²) in [6, 6.07) is 19.3. The van der Waals surface area contributed by atoms with E-state index < -0.39 is 0 Å². The molecule has 7 rings (SSSR count). The fraction of sp³-hybridized carbons (Fsp3) is 0.316. The minimum absolute atomic E-state index is 0.0947. The topological polar surface area (TPSA) is 130 Å². The van der Waals surface area contributed by atoms with Crippen LogP contribution in [0.4, 0.5) is 0 Å². The predicted molar refractivity (Wildman–Crippen MR) is 195 cm³/mol. The van der Waals surface area contributed by atoms with Gasteiger partial charge in [0.1, 0.15) is 5.65 Å². The molecule has 1 aliphatic heterocycles. The summed E-state index contributed by atoms with van der Waals surface area (Å²) in [5.41, 5.74) is 6.39. The van der Waals surface area contributed by atoms with Crippen molar-refractivity contribution in [2.24, 2.45) is 11.8 Å². The summed E-state index contributed by atoms with van der Waals surface area (Å²) in [6.07, 6.45) is 5.77. The molecule has 4 heterocycles. The van der Waals surface area contributed by atoms with Crippen LogP contribution in [0, 0.1) is 11.8 Å². The molecular formula is C38H38Cl2N6O4. The second-order valence-electron chi connectivity index (χ2n) is 12.9. The van der Waals surface area contributed by atoms with Crippen LogP contribution in [0.2, 0.25) is 10.0 Å². The van der Waals surface area contributed by atoms with E-state index in [9.17, 15) is 14.7 Å². The molecule has 2 aromatic carbocycles. The number of aromatic nitrogens is 3. The molecule has 0 spiro atoms. The minimum Gasteiger partial charge on any atom is -0.481 e. The standard InChI is InChI=1S/C38H38Cl2N6O4/c1-50-37-23(16-42-20-27-9-11-34(48)44-27)8-10-32(45-37)31-7-3-6-30(36(31)40)29-5-2-4-28(35(29)39)22-12-13-46-33(15-22)43-19-26(38(46)49)18-41-17-24-14-25(24)21-47/h2-8,10,12-13,15,19,24-25,27,41-42,47H,9,11,14,16-18,20-21H2,1H3,(H,44,48)/t24-,25-,27+/m0/s1. The van der Waals surface area contributed by atoms with Crippen molar-refractivity contribution in [3.05, 3.63) is 105 Å². The number of halogens is 2. The van der Waals surface area contributed by atoms with Gasteiger partial charge in [-0.05, 0) is 55.0 Å². The zero-order valence-corrected chi connectivity index (χ0v) is 29.1. The molecule has 1 saturated carbocycles. The van der Waals surface area contributed by atoms with Gasteiger partial charge in [-0.25, -0.2) is 9.97 Å². The van der Waals surface area contributed by atoms with Gasteiger partial charge in [-0.2, -0.15) is 0 Å². The highest BCUT2D eigenvalue weighted by atomic mass is 35.5. The average Bonchev–Trinajstić information content (AvgIpc) is 3.77. The molecule has 1 amide bonds. The maximum absolute atomic E-state index is 13.2. The Hall–Kier alpha value is -4.32. The number of carbonyl (C=O) groups is 1. The quantitative estimate of drug-likeness (QED) is 0.126. The van der Waals surface area contributed by atoms with E-state index >= 15 is 0 Å². The lowest BCUT2D eigenvalue weighted by Crippen LogP contribution is -2.35. The lowest BCUT2D eigenvalue weighted by Gasteiger charge is -2.16. The van der Waals surface area contributed by atoms with Crippen LogP contribution in [0.25, 0.3) is 39.2 Å². The van der Waals surface area contributed by atoms with E-state index in [1.807, 2.05) is 60.7 Å². The summed E-state index contributed by atoms with van der Waals surface area (Å²) >= 11 is 14.2. The van der Waals surface area contributed by atoms with Crippen molar-refractivity contribution in [3.8, 4) is 39.4 Å². The lowest BCUT2D eigenvalue weighted by atomic mass is 9.97. The molecule has 1 aliphatic carbocycles. The van der Waals surface area contributed by atoms with Gasteiger partial charge in [0.15, 0.2) is 0 Å². The fourth-order valence-electron chi connectivity index (χ4n) is 6.62. The van der Waals surface area contributed by atoms with Crippen LogP contribution in [0.15, 0.2) is 77.9 Å². The number of nitrogens with one attached hydrogen (secondary N) is 3. The predicted octanol–water partition coefficient (Wildman–Crippen LogP) is 5.49. The first-order valence-corrected chi connectivity index (χ1v) is 17.5. The first-order chi connectivity index (χ1) is 24.3. The zero-order chi connectivity index (χ0) is 34.8. The normalized spacial score (nSPS) is 18.4. The van der Waals surface area contributed by atoms with Gasteiger partial charge in [0.2, 0.25) is 11.8 Å². The molecule has 50 heavy (non-hydrogen) atoms. The second kappa shape index (κ2) is 14.9. The number of rotatable bonds is 13. The monoisotopic (exact) mass is 712 g/mol. The molecule has 0 unspecified atom stereocenters. The summed E-state index contributed by atoms with van der Waals surface area (Å²) in [5, 5.41) is 20.0. The van der Waals surface area contributed by atoms with Crippen molar-refractivity contribution in [2.45, 2.75) is 38.4 Å². The van der Waals surface area contributed by atoms with Crippen LogP contribution in [-0.2, 0) is 17.9 Å². The summed E-state index contributed by atoms with van der Waals surface area (Å²) in [7, 11) is 1.59. The Morgan fingerprint density at radius 2 is 1.64 bits per heavy atom. The smallest absolute Gasteiger partial charge is 0.262 e. The van der Waals surface area contributed by atoms with Crippen LogP contribution in [0.5, 0.6) is 5.88 Å². The number of methoxy groups -OCH3 is 1. The maximum atomic E-state index is 13.2. The van der Waals surface area contributed by atoms with E-state index in [4.69, 9.17) is 32.9 Å². The molecule has 4 N–H and O–H groups in total. The Kier molecular flexibility index (Phi) is 10.2. The number of amides is 1. The van der Waals surface area contributed by atoms with Gasteiger partial charge >= 0.3 is 0 Å². The summed E-state index contributed by atoms with van der Waals surface area (Å²) in [6.45, 7) is 2.62. The maximum Gasteiger partial charge on any atom is 0.262 e. The number of carbonyl (C=O) groups excluding carboxylic acids is 1. The molecule has 12 heteroatoms. The Morgan fingerprint density at radius 3 is 2.36 bits per heavy atom. The van der Waals surface area contributed by atoms with E-state index in [2.05, 4.69) is 20.9 Å². The van der Waals surface area contributed by atoms with Gasteiger partial charge in [0.25, 0.3) is 5.56 Å². The van der Waals surface area contributed by atoms with E-state index in [0.29, 0.717) is 70.7 Å². The Labute approximate surface area is 299 Å². The second-order valence-corrected chi connectivity index (χ2v) is 13.7. The average molecular weight is 714 g/mol. The molecule has 5 aromatic rings. The number of nitrogens with zero attached hydrogens (tertiary/aromatic N) is 3. The molecule has 0 radical (unpaired) electrons. The molecule has 10 nitrogen and oxygen atoms in total. The number of pyridine rings is 2. The molecular weight excluding hydrogens is 675 g/mol. The Balaban J connectivity index is 1.11. The molecule has 2 fully saturated rings. The van der Waals surface area contributed by atoms with Crippen LogP contribution in [0.1, 0.15) is 30.4 Å². The van der Waals surface area contributed by atoms with Gasteiger partial charge in [-0.15, -0.1) is 0 Å². The van der Waals surface area contributed by atoms with Crippen molar-refractivity contribution < 1.29 is 14.6 Å². The molecule has 0 bridgehead atoms. The Morgan fingerprint density at radius 1 is 0.920 bits per heavy atom. The molecule has 258 valence electrons. The van der Waals surface area contributed by atoms with Gasteiger partial charge in [-0.3, -0.25) is 14.0 Å². The summed E-state index contributed by atoms with van der Waals surface area (Å²) in [5.74, 6) is 1.43. The van der Waals surface area contributed by atoms with Gasteiger partial charge in [0.05, 0.1) is 22.8 Å². The van der Waals surface area contributed by atoms with Crippen molar-refractivity contribution in [3.63, 3.8) is 0 Å². The number of hydrogen-bond donors (Lipinski definition) is 4. The third-order valence-electron chi connectivity index (χ3n) is 9.60. The zero-order valence-electron chi connectivity index (χ0n) is 27.6. The van der Waals surface area contributed by atoms with Crippen molar-refractivity contribution >= 4 is 34.8 Å². The summed E-state index contributed by atoms with van der Waals surface area (Å²) in [4.78, 5) is 34.1. The van der Waals surface area contributed by atoms with Gasteiger partial charge < -0.3 is 25.8 Å². The number of benzene rings is 2. The first-order valence-electron chi connectivity index (χ1n) is 16.8. The van der Waals surface area contributed by atoms with E-state index in [0.717, 1.165) is 52.8 Å². The number of hydrogen-bond acceptors (Lipinski definition) is 8. The number of aliphatic hydroxyl groups is 1. The molecule has 2 aliphatic rings. The SMILES string of the molecule is COc1nc(-c2cccc(-c3cccc(-c4ccn5c(=O)c(CNC[C@@H]6C[C@H]6CO)cnc5c4)c3Cl)c2Cl)ccc1CNC[C@H]1CCC(=O)N1. The highest BCUT2D eigenvalue weighted by Crippen LogP contribution is 2.42. The van der Waals surface area contributed by atoms with Gasteiger partial charge in [0, 0.05) is 84.5 Å². The highest BCUT2D eigenvalue weighted by Gasteiger charge is 2.35. The molecule has 3 atom stereocenters. The molecule has 1 saturated heterocycles. The van der Waals surface area contributed by atoms with Crippen molar-refractivity contribution in [1.29, 1.82) is 0 Å². The third-order valence-corrected chi connectivity index (χ3v) is 10.4. The van der Waals surface area contributed by atoms with Crippen LogP contribution < -0.4 is 26.2 Å². The van der Waals surface area contributed by atoms with Crippen LogP contribution >= 0.6 is 23.2 Å². The number of ether oxygens (including phenoxy) is 1. The fourth-order valence-corrected chi connectivity index (χ4v) is 7.28. The third kappa shape index (κ3) is 7.12. The highest BCUT2D eigenvalue weighted by molar-refractivity contribution is 6.39. The lowest BCUT2D eigenvalue weighted by molar-refractivity contribution is -0.119. The van der Waals surface area contributed by atoms with E-state index in [1.165, 1.54) is 0 Å². The number of aliphatic hydroxyl groups excluding tert-OH is 1. The van der Waals surface area contributed by atoms with Gasteiger partial charge in [-0.1, -0.05) is 65.7 Å². The largest absolute Gasteiger partial charge is 0.481 e. The first kappa shape index (κ1) is 34.1. The summed E-state index contributed by atoms with van der Waals surface area (Å²) < 4.78 is 7.19.